The molecule has 0 unspecified atom stereocenters. The third kappa shape index (κ3) is 4.34. The third-order valence-electron chi connectivity index (χ3n) is 4.44. The first-order valence-corrected chi connectivity index (χ1v) is 10.2. The number of imidazole rings is 1. The minimum Gasteiger partial charge on any atom is -0.496 e. The van der Waals surface area contributed by atoms with Crippen LogP contribution in [-0.4, -0.2) is 28.1 Å². The van der Waals surface area contributed by atoms with E-state index in [1.54, 1.807) is 18.2 Å². The third-order valence-corrected chi connectivity index (χ3v) is 5.14. The maximum atomic E-state index is 12.5. The van der Waals surface area contributed by atoms with E-state index in [0.717, 1.165) is 32.6 Å². The van der Waals surface area contributed by atoms with Gasteiger partial charge in [0.15, 0.2) is 5.11 Å². The fraction of sp³-hybridized carbons (Fsp3) is 0.0455. The van der Waals surface area contributed by atoms with Gasteiger partial charge in [0.05, 0.1) is 23.7 Å². The number of nitrogens with zero attached hydrogens (tertiary/aromatic N) is 1. The van der Waals surface area contributed by atoms with Crippen LogP contribution in [0.4, 0.5) is 5.69 Å². The standard InChI is InChI=1S/C22H17BrN4O2S/c1-29-19-11-8-14(23)12-16(19)21(28)27-22(30)24-15-9-6-13(7-10-15)20-25-17-4-2-3-5-18(17)26-20/h2-12H,1H3,(H,25,26)(H2,24,27,28,30). The molecule has 8 heteroatoms. The van der Waals surface area contributed by atoms with Crippen molar-refractivity contribution in [3.8, 4) is 17.1 Å². The van der Waals surface area contributed by atoms with Crippen molar-refractivity contribution in [3.05, 3.63) is 76.8 Å². The van der Waals surface area contributed by atoms with Crippen LogP contribution in [0.25, 0.3) is 22.4 Å². The lowest BCUT2D eigenvalue weighted by Gasteiger charge is -2.12. The van der Waals surface area contributed by atoms with Gasteiger partial charge in [-0.05, 0) is 66.8 Å². The Morgan fingerprint density at radius 3 is 2.60 bits per heavy atom. The van der Waals surface area contributed by atoms with Gasteiger partial charge in [-0.3, -0.25) is 10.1 Å². The van der Waals surface area contributed by atoms with E-state index in [0.29, 0.717) is 11.3 Å². The van der Waals surface area contributed by atoms with Crippen molar-refractivity contribution in [1.82, 2.24) is 15.3 Å². The Hall–Kier alpha value is -3.23. The SMILES string of the molecule is COc1ccc(Br)cc1C(=O)NC(=S)Nc1ccc(-c2nc3ccccc3[nH]2)cc1. The molecule has 6 nitrogen and oxygen atoms in total. The smallest absolute Gasteiger partial charge is 0.261 e. The van der Waals surface area contributed by atoms with Crippen LogP contribution in [0.1, 0.15) is 10.4 Å². The zero-order chi connectivity index (χ0) is 21.1. The molecule has 1 aromatic heterocycles. The van der Waals surface area contributed by atoms with Gasteiger partial charge in [-0.1, -0.05) is 28.1 Å². The highest BCUT2D eigenvalue weighted by Crippen LogP contribution is 2.24. The quantitative estimate of drug-likeness (QED) is 0.353. The number of methoxy groups -OCH3 is 1. The predicted octanol–water partition coefficient (Wildman–Crippen LogP) is 5.13. The van der Waals surface area contributed by atoms with Crippen LogP contribution in [0.5, 0.6) is 5.75 Å². The van der Waals surface area contributed by atoms with E-state index in [2.05, 4.69) is 36.5 Å². The highest BCUT2D eigenvalue weighted by molar-refractivity contribution is 9.10. The summed E-state index contributed by atoms with van der Waals surface area (Å²) < 4.78 is 6.02. The summed E-state index contributed by atoms with van der Waals surface area (Å²) in [5, 5.41) is 5.88. The number of halogens is 1. The molecule has 0 aliphatic heterocycles. The predicted molar refractivity (Wildman–Crippen MR) is 126 cm³/mol. The lowest BCUT2D eigenvalue weighted by molar-refractivity contribution is 0.0974. The van der Waals surface area contributed by atoms with Gasteiger partial charge >= 0.3 is 0 Å². The number of aromatic nitrogens is 2. The number of carbonyl (C=O) groups is 1. The molecule has 0 bridgehead atoms. The van der Waals surface area contributed by atoms with E-state index in [1.807, 2.05) is 48.5 Å². The molecule has 4 aromatic rings. The van der Waals surface area contributed by atoms with E-state index >= 15 is 0 Å². The fourth-order valence-electron chi connectivity index (χ4n) is 2.99. The Labute approximate surface area is 186 Å². The van der Waals surface area contributed by atoms with E-state index in [-0.39, 0.29) is 11.0 Å². The number of amides is 1. The van der Waals surface area contributed by atoms with E-state index in [9.17, 15) is 4.79 Å². The maximum Gasteiger partial charge on any atom is 0.261 e. The number of fused-ring (bicyclic) bond motifs is 1. The van der Waals surface area contributed by atoms with E-state index in [1.165, 1.54) is 7.11 Å². The molecule has 150 valence electrons. The molecule has 1 heterocycles. The first-order chi connectivity index (χ1) is 14.5. The van der Waals surface area contributed by atoms with Gasteiger partial charge in [0.2, 0.25) is 0 Å². The minimum atomic E-state index is -0.357. The van der Waals surface area contributed by atoms with Crippen LogP contribution in [0.15, 0.2) is 71.2 Å². The summed E-state index contributed by atoms with van der Waals surface area (Å²) in [7, 11) is 1.51. The number of para-hydroxylation sites is 2. The zero-order valence-electron chi connectivity index (χ0n) is 15.9. The van der Waals surface area contributed by atoms with Gasteiger partial charge in [-0.25, -0.2) is 4.98 Å². The number of nitrogens with one attached hydrogen (secondary N) is 3. The van der Waals surface area contributed by atoms with Gasteiger partial charge < -0.3 is 15.0 Å². The number of hydrogen-bond donors (Lipinski definition) is 3. The topological polar surface area (TPSA) is 79.0 Å². The Kier molecular flexibility index (Phi) is 5.78. The van der Waals surface area contributed by atoms with Crippen LogP contribution in [-0.2, 0) is 0 Å². The molecular weight excluding hydrogens is 464 g/mol. The highest BCUT2D eigenvalue weighted by Gasteiger charge is 2.14. The summed E-state index contributed by atoms with van der Waals surface area (Å²) in [5.41, 5.74) is 3.99. The maximum absolute atomic E-state index is 12.5. The minimum absolute atomic E-state index is 0.193. The molecule has 3 aromatic carbocycles. The molecule has 0 aliphatic carbocycles. The summed E-state index contributed by atoms with van der Waals surface area (Å²) in [6.45, 7) is 0. The molecule has 1 amide bonds. The van der Waals surface area contributed by atoms with E-state index < -0.39 is 0 Å². The monoisotopic (exact) mass is 480 g/mol. The summed E-state index contributed by atoms with van der Waals surface area (Å²) in [5.74, 6) is 0.901. The van der Waals surface area contributed by atoms with Crippen LogP contribution >= 0.6 is 28.1 Å². The van der Waals surface area contributed by atoms with Gasteiger partial charge in [0, 0.05) is 15.7 Å². The summed E-state index contributed by atoms with van der Waals surface area (Å²) in [6.07, 6.45) is 0. The largest absolute Gasteiger partial charge is 0.496 e. The van der Waals surface area contributed by atoms with E-state index in [4.69, 9.17) is 17.0 Å². The number of H-pyrrole nitrogens is 1. The van der Waals surface area contributed by atoms with Crippen LogP contribution in [0.3, 0.4) is 0 Å². The number of anilines is 1. The second kappa shape index (κ2) is 8.64. The molecule has 0 saturated heterocycles. The highest BCUT2D eigenvalue weighted by atomic mass is 79.9. The normalized spacial score (nSPS) is 10.6. The lowest BCUT2D eigenvalue weighted by Crippen LogP contribution is -2.34. The lowest BCUT2D eigenvalue weighted by atomic mass is 10.2. The van der Waals surface area contributed by atoms with Gasteiger partial charge in [0.25, 0.3) is 5.91 Å². The Morgan fingerprint density at radius 2 is 1.87 bits per heavy atom. The number of aromatic amines is 1. The molecule has 3 N–H and O–H groups in total. The number of ether oxygens (including phenoxy) is 1. The number of hydrogen-bond acceptors (Lipinski definition) is 4. The summed E-state index contributed by atoms with van der Waals surface area (Å²) in [4.78, 5) is 20.4. The average Bonchev–Trinajstić information content (AvgIpc) is 3.18. The van der Waals surface area contributed by atoms with Crippen molar-refractivity contribution in [2.24, 2.45) is 0 Å². The molecule has 0 radical (unpaired) electrons. The number of rotatable bonds is 4. The van der Waals surface area contributed by atoms with Gasteiger partial charge in [0.1, 0.15) is 11.6 Å². The van der Waals surface area contributed by atoms with Gasteiger partial charge in [-0.2, -0.15) is 0 Å². The second-order valence-corrected chi connectivity index (χ2v) is 7.76. The van der Waals surface area contributed by atoms with Crippen LogP contribution in [0, 0.1) is 0 Å². The molecule has 0 fully saturated rings. The van der Waals surface area contributed by atoms with Crippen molar-refractivity contribution in [1.29, 1.82) is 0 Å². The fourth-order valence-corrected chi connectivity index (χ4v) is 3.56. The van der Waals surface area contributed by atoms with Crippen molar-refractivity contribution >= 4 is 55.9 Å². The van der Waals surface area contributed by atoms with Crippen molar-refractivity contribution in [3.63, 3.8) is 0 Å². The Balaban J connectivity index is 1.44. The number of carbonyl (C=O) groups excluding carboxylic acids is 1. The molecule has 0 saturated carbocycles. The summed E-state index contributed by atoms with van der Waals surface area (Å²) in [6, 6.07) is 20.7. The second-order valence-electron chi connectivity index (χ2n) is 6.43. The molecule has 0 aliphatic rings. The Bertz CT molecular complexity index is 1200. The molecule has 4 rings (SSSR count). The first-order valence-electron chi connectivity index (χ1n) is 9.04. The van der Waals surface area contributed by atoms with Crippen molar-refractivity contribution in [2.75, 3.05) is 12.4 Å². The van der Waals surface area contributed by atoms with Crippen molar-refractivity contribution < 1.29 is 9.53 Å². The molecule has 30 heavy (non-hydrogen) atoms. The number of benzene rings is 3. The summed E-state index contributed by atoms with van der Waals surface area (Å²) >= 11 is 8.64. The molecular formula is C22H17BrN4O2S. The Morgan fingerprint density at radius 1 is 1.10 bits per heavy atom. The zero-order valence-corrected chi connectivity index (χ0v) is 18.3. The van der Waals surface area contributed by atoms with Crippen LogP contribution in [0.2, 0.25) is 0 Å². The van der Waals surface area contributed by atoms with Gasteiger partial charge in [-0.15, -0.1) is 0 Å². The number of thiocarbonyl (C=S) groups is 1. The average molecular weight is 481 g/mol. The molecule has 0 spiro atoms. The molecule has 0 atom stereocenters. The first kappa shape index (κ1) is 20.1. The van der Waals surface area contributed by atoms with Crippen LogP contribution < -0.4 is 15.4 Å². The van der Waals surface area contributed by atoms with Crippen molar-refractivity contribution in [2.45, 2.75) is 0 Å².